The first-order chi connectivity index (χ1) is 12.0. The molecule has 0 aromatic heterocycles. The highest BCUT2D eigenvalue weighted by Crippen LogP contribution is 2.26. The molecule has 0 heterocycles. The Hall–Kier alpha value is -2.57. The lowest BCUT2D eigenvalue weighted by Gasteiger charge is -2.09. The fraction of sp³-hybridized carbons (Fsp3) is 0.222. The molecule has 0 aliphatic heterocycles. The number of esters is 1. The van der Waals surface area contributed by atoms with Gasteiger partial charge in [0.1, 0.15) is 11.5 Å². The summed E-state index contributed by atoms with van der Waals surface area (Å²) >= 11 is 6.16. The van der Waals surface area contributed by atoms with Crippen LogP contribution >= 0.6 is 11.6 Å². The highest BCUT2D eigenvalue weighted by atomic mass is 35.5. The van der Waals surface area contributed by atoms with E-state index < -0.39 is 5.97 Å². The molecule has 0 radical (unpaired) electrons. The molecule has 2 aromatic carbocycles. The van der Waals surface area contributed by atoms with Gasteiger partial charge in [0.25, 0.3) is 0 Å². The van der Waals surface area contributed by atoms with Crippen molar-refractivity contribution in [3.8, 4) is 11.5 Å². The van der Waals surface area contributed by atoms with E-state index in [1.807, 2.05) is 0 Å². The van der Waals surface area contributed by atoms with Crippen LogP contribution in [0.2, 0.25) is 5.02 Å². The van der Waals surface area contributed by atoms with Crippen LogP contribution in [-0.2, 0) is 16.1 Å². The smallest absolute Gasteiger partial charge is 0.344 e. The number of phenols is 1. The van der Waals surface area contributed by atoms with Gasteiger partial charge in [-0.15, -0.1) is 0 Å². The summed E-state index contributed by atoms with van der Waals surface area (Å²) in [6.07, 6.45) is 0. The summed E-state index contributed by atoms with van der Waals surface area (Å²) in [6, 6.07) is 8.96. The minimum absolute atomic E-state index is 0.0351. The van der Waals surface area contributed by atoms with Gasteiger partial charge in [-0.1, -0.05) is 11.6 Å². The molecule has 0 atom stereocenters. The summed E-state index contributed by atoms with van der Waals surface area (Å²) < 4.78 is 10.0. The summed E-state index contributed by atoms with van der Waals surface area (Å²) in [5.74, 6) is -0.412. The molecule has 0 bridgehead atoms. The zero-order chi connectivity index (χ0) is 18.4. The van der Waals surface area contributed by atoms with Gasteiger partial charge in [-0.2, -0.15) is 0 Å². The number of halogens is 1. The van der Waals surface area contributed by atoms with Crippen LogP contribution in [0.25, 0.3) is 0 Å². The fourth-order valence-corrected chi connectivity index (χ4v) is 2.42. The molecule has 0 fully saturated rings. The first kappa shape index (κ1) is 18.8. The first-order valence-corrected chi connectivity index (χ1v) is 7.98. The largest absolute Gasteiger partial charge is 0.508 e. The average molecular weight is 364 g/mol. The number of benzene rings is 2. The van der Waals surface area contributed by atoms with Crippen LogP contribution in [0.15, 0.2) is 36.4 Å². The third-order valence-electron chi connectivity index (χ3n) is 3.41. The van der Waals surface area contributed by atoms with Crippen LogP contribution in [0.3, 0.4) is 0 Å². The van der Waals surface area contributed by atoms with Crippen molar-refractivity contribution in [2.75, 3.05) is 13.2 Å². The van der Waals surface area contributed by atoms with Gasteiger partial charge in [-0.3, -0.25) is 4.79 Å². The number of carbonyl (C=O) groups is 2. The van der Waals surface area contributed by atoms with Gasteiger partial charge in [0.15, 0.2) is 12.4 Å². The van der Waals surface area contributed by atoms with Crippen LogP contribution in [-0.4, -0.2) is 30.1 Å². The normalized spacial score (nSPS) is 10.4. The Balaban J connectivity index is 2.17. The van der Waals surface area contributed by atoms with Gasteiger partial charge >= 0.3 is 5.97 Å². The molecule has 7 heteroatoms. The van der Waals surface area contributed by atoms with Crippen molar-refractivity contribution in [1.29, 1.82) is 0 Å². The summed E-state index contributed by atoms with van der Waals surface area (Å²) in [6.45, 7) is 1.85. The van der Waals surface area contributed by atoms with Crippen molar-refractivity contribution < 1.29 is 24.2 Å². The van der Waals surface area contributed by atoms with Crippen LogP contribution in [0.5, 0.6) is 11.5 Å². The quantitative estimate of drug-likeness (QED) is 0.579. The Morgan fingerprint density at radius 1 is 1.20 bits per heavy atom. The average Bonchev–Trinajstić information content (AvgIpc) is 2.60. The molecule has 0 amide bonds. The van der Waals surface area contributed by atoms with Gasteiger partial charge in [-0.25, -0.2) is 4.79 Å². The molecular weight excluding hydrogens is 346 g/mol. The zero-order valence-electron chi connectivity index (χ0n) is 13.6. The molecule has 2 aromatic rings. The number of phenolic OH excluding ortho intramolecular Hbond substituents is 1. The van der Waals surface area contributed by atoms with E-state index in [0.29, 0.717) is 16.9 Å². The van der Waals surface area contributed by atoms with E-state index in [1.54, 1.807) is 13.0 Å². The minimum atomic E-state index is -0.489. The van der Waals surface area contributed by atoms with Crippen molar-refractivity contribution in [1.82, 2.24) is 0 Å². The van der Waals surface area contributed by atoms with Gasteiger partial charge < -0.3 is 20.3 Å². The maximum absolute atomic E-state index is 12.6. The molecule has 0 aliphatic carbocycles. The molecule has 0 aliphatic rings. The topological polar surface area (TPSA) is 98.8 Å². The molecule has 3 N–H and O–H groups in total. The van der Waals surface area contributed by atoms with E-state index in [4.69, 9.17) is 26.8 Å². The van der Waals surface area contributed by atoms with Crippen LogP contribution in [0.4, 0.5) is 0 Å². The molecule has 0 saturated heterocycles. The third-order valence-corrected chi connectivity index (χ3v) is 3.72. The van der Waals surface area contributed by atoms with Crippen molar-refractivity contribution in [2.24, 2.45) is 5.73 Å². The lowest BCUT2D eigenvalue weighted by molar-refractivity contribution is -0.145. The van der Waals surface area contributed by atoms with Crippen molar-refractivity contribution in [3.63, 3.8) is 0 Å². The summed E-state index contributed by atoms with van der Waals surface area (Å²) in [5.41, 5.74) is 6.64. The second kappa shape index (κ2) is 8.50. The van der Waals surface area contributed by atoms with Crippen molar-refractivity contribution in [3.05, 3.63) is 58.1 Å². The molecule has 132 valence electrons. The van der Waals surface area contributed by atoms with Crippen molar-refractivity contribution >= 4 is 23.4 Å². The highest BCUT2D eigenvalue weighted by Gasteiger charge is 2.15. The number of ether oxygens (including phenoxy) is 2. The number of rotatable bonds is 7. The van der Waals surface area contributed by atoms with E-state index in [2.05, 4.69) is 0 Å². The lowest BCUT2D eigenvalue weighted by Crippen LogP contribution is -2.14. The summed E-state index contributed by atoms with van der Waals surface area (Å²) in [7, 11) is 0. The Labute approximate surface area is 150 Å². The Morgan fingerprint density at radius 2 is 1.96 bits per heavy atom. The van der Waals surface area contributed by atoms with E-state index in [9.17, 15) is 14.7 Å². The number of ketones is 1. The molecule has 2 rings (SSSR count). The SMILES string of the molecule is CCOC(=O)COc1ccc(C(=O)c2ccc(O)c(CN)c2)c(Cl)c1. The van der Waals surface area contributed by atoms with E-state index in [0.717, 1.165) is 0 Å². The van der Waals surface area contributed by atoms with Crippen LogP contribution in [0, 0.1) is 0 Å². The number of nitrogens with two attached hydrogens (primary N) is 1. The van der Waals surface area contributed by atoms with Gasteiger partial charge in [-0.05, 0) is 43.3 Å². The fourth-order valence-electron chi connectivity index (χ4n) is 2.16. The zero-order valence-corrected chi connectivity index (χ0v) is 14.4. The number of hydrogen-bond acceptors (Lipinski definition) is 6. The Kier molecular flexibility index (Phi) is 6.38. The predicted octanol–water partition coefficient (Wildman–Crippen LogP) is 2.68. The van der Waals surface area contributed by atoms with E-state index in [1.165, 1.54) is 30.3 Å². The van der Waals surface area contributed by atoms with Gasteiger partial charge in [0.2, 0.25) is 0 Å². The van der Waals surface area contributed by atoms with E-state index >= 15 is 0 Å². The molecule has 6 nitrogen and oxygen atoms in total. The monoisotopic (exact) mass is 363 g/mol. The van der Waals surface area contributed by atoms with Gasteiger partial charge in [0.05, 0.1) is 11.6 Å². The standard InChI is InChI=1S/C18H18ClNO5/c1-2-24-17(22)10-25-13-4-5-14(15(19)8-13)18(23)11-3-6-16(21)12(7-11)9-20/h3-8,21H,2,9-10,20H2,1H3. The van der Waals surface area contributed by atoms with Crippen LogP contribution < -0.4 is 10.5 Å². The van der Waals surface area contributed by atoms with Gasteiger partial charge in [0, 0.05) is 23.2 Å². The second-order valence-corrected chi connectivity index (χ2v) is 5.52. The lowest BCUT2D eigenvalue weighted by atomic mass is 10.0. The molecule has 25 heavy (non-hydrogen) atoms. The Bertz CT molecular complexity index is 791. The third kappa shape index (κ3) is 4.71. The number of hydrogen-bond donors (Lipinski definition) is 2. The second-order valence-electron chi connectivity index (χ2n) is 5.11. The maximum atomic E-state index is 12.6. The summed E-state index contributed by atoms with van der Waals surface area (Å²) in [4.78, 5) is 23.9. The first-order valence-electron chi connectivity index (χ1n) is 7.60. The number of carbonyl (C=O) groups excluding carboxylic acids is 2. The molecule has 0 saturated carbocycles. The maximum Gasteiger partial charge on any atom is 0.344 e. The number of aromatic hydroxyl groups is 1. The Morgan fingerprint density at radius 3 is 2.60 bits per heavy atom. The highest BCUT2D eigenvalue weighted by molar-refractivity contribution is 6.35. The van der Waals surface area contributed by atoms with Crippen molar-refractivity contribution in [2.45, 2.75) is 13.5 Å². The molecular formula is C18H18ClNO5. The van der Waals surface area contributed by atoms with Crippen LogP contribution in [0.1, 0.15) is 28.4 Å². The van der Waals surface area contributed by atoms with E-state index in [-0.39, 0.29) is 41.9 Å². The molecule has 0 unspecified atom stereocenters. The summed E-state index contributed by atoms with van der Waals surface area (Å²) in [5, 5.41) is 9.84. The molecule has 0 spiro atoms. The predicted molar refractivity (Wildman–Crippen MR) is 93.0 cm³/mol. The minimum Gasteiger partial charge on any atom is -0.508 e.